The maximum absolute atomic E-state index is 12.9. The topological polar surface area (TPSA) is 103 Å². The number of hydrogen-bond acceptors (Lipinski definition) is 6. The number of anilines is 1. The summed E-state index contributed by atoms with van der Waals surface area (Å²) in [6.07, 6.45) is 1.82. The van der Waals surface area contributed by atoms with E-state index in [4.69, 9.17) is 4.99 Å². The van der Waals surface area contributed by atoms with Gasteiger partial charge < -0.3 is 10.6 Å². The molecule has 0 saturated carbocycles. The average Bonchev–Trinajstić information content (AvgIpc) is 3.16. The molecule has 2 aliphatic heterocycles. The average molecular weight is 506 g/mol. The lowest BCUT2D eigenvalue weighted by atomic mass is 10.1. The first kappa shape index (κ1) is 25.6. The highest BCUT2D eigenvalue weighted by Gasteiger charge is 2.42. The lowest BCUT2D eigenvalue weighted by Crippen LogP contribution is -2.46. The summed E-state index contributed by atoms with van der Waals surface area (Å²) < 4.78 is 0. The maximum atomic E-state index is 12.9. The zero-order chi connectivity index (χ0) is 25.8. The smallest absolute Gasteiger partial charge is 0.271 e. The quantitative estimate of drug-likeness (QED) is 0.522. The summed E-state index contributed by atoms with van der Waals surface area (Å²) >= 11 is 1.23. The molecule has 0 aromatic heterocycles. The van der Waals surface area contributed by atoms with Crippen molar-refractivity contribution in [1.29, 1.82) is 0 Å². The molecule has 2 aromatic rings. The second-order valence-electron chi connectivity index (χ2n) is 9.09. The zero-order valence-electron chi connectivity index (χ0n) is 21.1. The minimum atomic E-state index is -0.786. The van der Waals surface area contributed by atoms with Crippen LogP contribution < -0.4 is 10.6 Å². The molecule has 0 radical (unpaired) electrons. The Labute approximate surface area is 215 Å². The molecule has 2 N–H and O–H groups in total. The molecule has 2 aromatic carbocycles. The number of hydrogen-bond donors (Lipinski definition) is 2. The van der Waals surface area contributed by atoms with E-state index >= 15 is 0 Å². The first-order valence-electron chi connectivity index (χ1n) is 12.2. The van der Waals surface area contributed by atoms with Crippen molar-refractivity contribution in [3.05, 3.63) is 58.7 Å². The number of thioether (sulfide) groups is 1. The number of fused-ring (bicyclic) bond motifs is 3. The lowest BCUT2D eigenvalue weighted by molar-refractivity contribution is -0.126. The number of aryl methyl sites for hydroxylation is 3. The highest BCUT2D eigenvalue weighted by Crippen LogP contribution is 2.35. The van der Waals surface area contributed by atoms with Crippen LogP contribution in [-0.4, -0.2) is 52.0 Å². The van der Waals surface area contributed by atoms with Crippen LogP contribution in [0, 0.1) is 20.8 Å². The Morgan fingerprint density at radius 1 is 1.06 bits per heavy atom. The molecule has 9 heteroatoms. The van der Waals surface area contributed by atoms with Gasteiger partial charge >= 0.3 is 0 Å². The molecule has 36 heavy (non-hydrogen) atoms. The number of nitrogens with zero attached hydrogens (tertiary/aromatic N) is 3. The molecular formula is C27H31N5O3S. The van der Waals surface area contributed by atoms with Crippen LogP contribution in [0.4, 0.5) is 11.4 Å². The normalized spacial score (nSPS) is 16.2. The minimum absolute atomic E-state index is 0.0226. The third-order valence-corrected chi connectivity index (χ3v) is 7.07. The summed E-state index contributed by atoms with van der Waals surface area (Å²) in [7, 11) is 0. The SMILES string of the molecule is CCCCNC(=O)CC1C(=O)N=C2c3ccccc3N=C(SCC(=O)Nc3c(C)cc(C)cc3C)N21. The van der Waals surface area contributed by atoms with E-state index < -0.39 is 6.04 Å². The van der Waals surface area contributed by atoms with Gasteiger partial charge in [-0.05, 0) is 50.5 Å². The number of amides is 3. The first-order valence-corrected chi connectivity index (χ1v) is 13.1. The van der Waals surface area contributed by atoms with Crippen molar-refractivity contribution in [2.75, 3.05) is 17.6 Å². The standard InChI is InChI=1S/C27H31N5O3S/c1-5-6-11-28-22(33)14-21-26(35)31-25-19-9-7-8-10-20(19)29-27(32(21)25)36-15-23(34)30-24-17(3)12-16(2)13-18(24)4/h7-10,12-13,21H,5-6,11,14-15H2,1-4H3,(H,28,33)(H,30,34). The predicted molar refractivity (Wildman–Crippen MR) is 145 cm³/mol. The van der Waals surface area contributed by atoms with Gasteiger partial charge in [0.25, 0.3) is 5.91 Å². The summed E-state index contributed by atoms with van der Waals surface area (Å²) in [5.41, 5.74) is 5.37. The lowest BCUT2D eigenvalue weighted by Gasteiger charge is -2.30. The van der Waals surface area contributed by atoms with E-state index in [1.165, 1.54) is 11.8 Å². The Balaban J connectivity index is 1.53. The summed E-state index contributed by atoms with van der Waals surface area (Å²) in [6.45, 7) is 8.59. The number of benzene rings is 2. The number of rotatable bonds is 8. The van der Waals surface area contributed by atoms with Gasteiger partial charge in [0.1, 0.15) is 11.9 Å². The van der Waals surface area contributed by atoms with E-state index in [1.807, 2.05) is 57.2 Å². The van der Waals surface area contributed by atoms with E-state index in [2.05, 4.69) is 22.5 Å². The van der Waals surface area contributed by atoms with E-state index in [9.17, 15) is 14.4 Å². The summed E-state index contributed by atoms with van der Waals surface area (Å²) in [6, 6.07) is 10.7. The van der Waals surface area contributed by atoms with Gasteiger partial charge in [-0.15, -0.1) is 0 Å². The van der Waals surface area contributed by atoms with Crippen molar-refractivity contribution in [3.8, 4) is 0 Å². The molecule has 0 bridgehead atoms. The number of unbranched alkanes of at least 4 members (excludes halogenated alkanes) is 1. The summed E-state index contributed by atoms with van der Waals surface area (Å²) in [5.74, 6) is -0.179. The van der Waals surface area contributed by atoms with Gasteiger partial charge in [0, 0.05) is 17.8 Å². The fraction of sp³-hybridized carbons (Fsp3) is 0.370. The number of nitrogens with one attached hydrogen (secondary N) is 2. The van der Waals surface area contributed by atoms with E-state index in [0.717, 1.165) is 40.8 Å². The number of para-hydroxylation sites is 1. The number of carbonyl (C=O) groups is 3. The molecular weight excluding hydrogens is 474 g/mol. The molecule has 0 fully saturated rings. The summed E-state index contributed by atoms with van der Waals surface area (Å²) in [5, 5.41) is 6.37. The third-order valence-electron chi connectivity index (χ3n) is 6.11. The number of carbonyl (C=O) groups excluding carboxylic acids is 3. The van der Waals surface area contributed by atoms with E-state index in [-0.39, 0.29) is 29.9 Å². The Hall–Kier alpha value is -3.46. The Bertz CT molecular complexity index is 1250. The Morgan fingerprint density at radius 3 is 2.50 bits per heavy atom. The number of aliphatic imine (C=N–C) groups is 2. The first-order chi connectivity index (χ1) is 17.3. The van der Waals surface area contributed by atoms with Crippen molar-refractivity contribution < 1.29 is 14.4 Å². The monoisotopic (exact) mass is 505 g/mol. The molecule has 2 heterocycles. The summed E-state index contributed by atoms with van der Waals surface area (Å²) in [4.78, 5) is 49.1. The highest BCUT2D eigenvalue weighted by atomic mass is 32.2. The highest BCUT2D eigenvalue weighted by molar-refractivity contribution is 8.14. The van der Waals surface area contributed by atoms with Gasteiger partial charge in [-0.2, -0.15) is 4.99 Å². The van der Waals surface area contributed by atoms with Crippen molar-refractivity contribution in [3.63, 3.8) is 0 Å². The Kier molecular flexibility index (Phi) is 7.88. The van der Waals surface area contributed by atoms with Gasteiger partial charge in [-0.3, -0.25) is 19.3 Å². The largest absolute Gasteiger partial charge is 0.356 e. The van der Waals surface area contributed by atoms with Gasteiger partial charge in [-0.25, -0.2) is 4.99 Å². The van der Waals surface area contributed by atoms with Crippen LogP contribution in [0.25, 0.3) is 0 Å². The molecule has 1 atom stereocenters. The molecule has 2 aliphatic rings. The fourth-order valence-corrected chi connectivity index (χ4v) is 5.29. The minimum Gasteiger partial charge on any atom is -0.356 e. The van der Waals surface area contributed by atoms with Crippen LogP contribution in [0.1, 0.15) is 48.4 Å². The van der Waals surface area contributed by atoms with Crippen LogP contribution >= 0.6 is 11.8 Å². The van der Waals surface area contributed by atoms with Crippen molar-refractivity contribution >= 4 is 51.9 Å². The predicted octanol–water partition coefficient (Wildman–Crippen LogP) is 4.25. The van der Waals surface area contributed by atoms with Crippen molar-refractivity contribution in [2.45, 2.75) is 53.0 Å². The molecule has 4 rings (SSSR count). The molecule has 188 valence electrons. The van der Waals surface area contributed by atoms with E-state index in [0.29, 0.717) is 23.2 Å². The van der Waals surface area contributed by atoms with Crippen molar-refractivity contribution in [1.82, 2.24) is 10.2 Å². The molecule has 1 unspecified atom stereocenters. The molecule has 8 nitrogen and oxygen atoms in total. The second-order valence-corrected chi connectivity index (χ2v) is 10.0. The van der Waals surface area contributed by atoms with Crippen LogP contribution in [-0.2, 0) is 14.4 Å². The number of amidine groups is 2. The molecule has 0 spiro atoms. The second kappa shape index (κ2) is 11.1. The third kappa shape index (κ3) is 5.51. The van der Waals surface area contributed by atoms with Gasteiger partial charge in [0.2, 0.25) is 11.8 Å². The fourth-order valence-electron chi connectivity index (χ4n) is 4.44. The molecule has 3 amide bonds. The molecule has 0 saturated heterocycles. The van der Waals surface area contributed by atoms with Crippen LogP contribution in [0.2, 0.25) is 0 Å². The van der Waals surface area contributed by atoms with Gasteiger partial charge in [-0.1, -0.05) is 54.9 Å². The van der Waals surface area contributed by atoms with Crippen LogP contribution in [0.15, 0.2) is 46.4 Å². The Morgan fingerprint density at radius 2 is 1.78 bits per heavy atom. The maximum Gasteiger partial charge on any atom is 0.271 e. The molecule has 0 aliphatic carbocycles. The van der Waals surface area contributed by atoms with Crippen LogP contribution in [0.5, 0.6) is 0 Å². The van der Waals surface area contributed by atoms with E-state index in [1.54, 1.807) is 4.90 Å². The van der Waals surface area contributed by atoms with Gasteiger partial charge in [0.05, 0.1) is 17.9 Å². The van der Waals surface area contributed by atoms with Crippen molar-refractivity contribution in [2.24, 2.45) is 9.98 Å². The van der Waals surface area contributed by atoms with Crippen LogP contribution in [0.3, 0.4) is 0 Å². The van der Waals surface area contributed by atoms with Gasteiger partial charge in [0.15, 0.2) is 5.17 Å². The zero-order valence-corrected chi connectivity index (χ0v) is 21.9.